The first kappa shape index (κ1) is 20.6. The van der Waals surface area contributed by atoms with Crippen LogP contribution in [0.4, 0.5) is 0 Å². The Hall–Kier alpha value is -3.09. The van der Waals surface area contributed by atoms with Crippen LogP contribution >= 0.6 is 11.3 Å². The van der Waals surface area contributed by atoms with Crippen LogP contribution in [0.3, 0.4) is 0 Å². The van der Waals surface area contributed by atoms with Crippen molar-refractivity contribution in [2.75, 3.05) is 20.5 Å². The van der Waals surface area contributed by atoms with Crippen LogP contribution in [0.2, 0.25) is 0 Å². The predicted molar refractivity (Wildman–Crippen MR) is 111 cm³/mol. The number of thiazole rings is 1. The van der Waals surface area contributed by atoms with E-state index in [0.717, 1.165) is 16.5 Å². The highest BCUT2D eigenvalue weighted by Gasteiger charge is 2.19. The fourth-order valence-electron chi connectivity index (χ4n) is 2.84. The lowest BCUT2D eigenvalue weighted by Gasteiger charge is -2.08. The number of sulfone groups is 1. The Bertz CT molecular complexity index is 1310. The molecule has 9 heteroatoms. The zero-order valence-electron chi connectivity index (χ0n) is 16.0. The second-order valence-electron chi connectivity index (χ2n) is 6.04. The number of carbonyl (C=O) groups excluding carboxylic acids is 1. The smallest absolute Gasteiger partial charge is 0.280 e. The lowest BCUT2D eigenvalue weighted by molar-refractivity contribution is 0.0994. The Morgan fingerprint density at radius 2 is 1.86 bits per heavy atom. The van der Waals surface area contributed by atoms with E-state index in [1.807, 2.05) is 0 Å². The van der Waals surface area contributed by atoms with Crippen molar-refractivity contribution in [1.29, 1.82) is 0 Å². The van der Waals surface area contributed by atoms with Gasteiger partial charge in [0.1, 0.15) is 0 Å². The SMILES string of the molecule is C#CCn1c(=NC(=O)c2ccccc2S(C)(=O)=O)sc2cc(OC)c(OC)cc21. The summed E-state index contributed by atoms with van der Waals surface area (Å²) < 4.78 is 37.2. The van der Waals surface area contributed by atoms with Gasteiger partial charge in [0.25, 0.3) is 5.91 Å². The molecule has 0 fully saturated rings. The molecule has 0 bridgehead atoms. The number of fused-ring (bicyclic) bond motifs is 1. The van der Waals surface area contributed by atoms with Crippen LogP contribution in [-0.4, -0.2) is 39.4 Å². The van der Waals surface area contributed by atoms with Gasteiger partial charge in [-0.1, -0.05) is 29.4 Å². The van der Waals surface area contributed by atoms with Crippen LogP contribution < -0.4 is 14.3 Å². The number of carbonyl (C=O) groups is 1. The van der Waals surface area contributed by atoms with Gasteiger partial charge in [-0.25, -0.2) is 8.42 Å². The highest BCUT2D eigenvalue weighted by molar-refractivity contribution is 7.90. The molecule has 0 saturated heterocycles. The Kier molecular flexibility index (Phi) is 5.77. The second-order valence-corrected chi connectivity index (χ2v) is 9.03. The molecular weight excluding hydrogens is 412 g/mol. The molecule has 1 heterocycles. The zero-order chi connectivity index (χ0) is 21.2. The number of methoxy groups -OCH3 is 2. The van der Waals surface area contributed by atoms with Crippen LogP contribution in [-0.2, 0) is 16.4 Å². The number of hydrogen-bond donors (Lipinski definition) is 0. The van der Waals surface area contributed by atoms with Gasteiger partial charge in [-0.2, -0.15) is 4.99 Å². The Morgan fingerprint density at radius 1 is 1.21 bits per heavy atom. The first-order valence-electron chi connectivity index (χ1n) is 8.37. The summed E-state index contributed by atoms with van der Waals surface area (Å²) in [7, 11) is -0.526. The number of amides is 1. The van der Waals surface area contributed by atoms with Crippen molar-refractivity contribution in [3.8, 4) is 23.8 Å². The van der Waals surface area contributed by atoms with E-state index < -0.39 is 15.7 Å². The van der Waals surface area contributed by atoms with Gasteiger partial charge in [0.15, 0.2) is 26.1 Å². The van der Waals surface area contributed by atoms with E-state index in [0.29, 0.717) is 16.3 Å². The maximum atomic E-state index is 12.8. The monoisotopic (exact) mass is 430 g/mol. The minimum Gasteiger partial charge on any atom is -0.493 e. The van der Waals surface area contributed by atoms with Crippen LogP contribution in [0.1, 0.15) is 10.4 Å². The van der Waals surface area contributed by atoms with Crippen molar-refractivity contribution >= 4 is 37.3 Å². The average Bonchev–Trinajstić information content (AvgIpc) is 3.02. The highest BCUT2D eigenvalue weighted by Crippen LogP contribution is 2.33. The summed E-state index contributed by atoms with van der Waals surface area (Å²) in [4.78, 5) is 17.3. The molecule has 2 aromatic carbocycles. The Labute approximate surface area is 172 Å². The first-order chi connectivity index (χ1) is 13.8. The zero-order valence-corrected chi connectivity index (χ0v) is 17.6. The molecule has 0 aliphatic carbocycles. The number of aromatic nitrogens is 1. The number of terminal acetylenes is 1. The van der Waals surface area contributed by atoms with Crippen LogP contribution in [0, 0.1) is 12.3 Å². The second kappa shape index (κ2) is 8.11. The number of hydrogen-bond acceptors (Lipinski definition) is 6. The summed E-state index contributed by atoms with van der Waals surface area (Å²) in [5.74, 6) is 2.94. The van der Waals surface area contributed by atoms with Gasteiger partial charge in [0.05, 0.1) is 41.4 Å². The Morgan fingerprint density at radius 3 is 2.48 bits per heavy atom. The van der Waals surface area contributed by atoms with Crippen molar-refractivity contribution < 1.29 is 22.7 Å². The maximum absolute atomic E-state index is 12.8. The van der Waals surface area contributed by atoms with E-state index in [9.17, 15) is 13.2 Å². The predicted octanol–water partition coefficient (Wildman–Crippen LogP) is 2.50. The summed E-state index contributed by atoms with van der Waals surface area (Å²) in [6.45, 7) is 0.176. The summed E-state index contributed by atoms with van der Waals surface area (Å²) in [6.07, 6.45) is 6.55. The van der Waals surface area contributed by atoms with Crippen molar-refractivity contribution in [3.05, 3.63) is 46.8 Å². The molecule has 0 aliphatic heterocycles. The largest absolute Gasteiger partial charge is 0.493 e. The summed E-state index contributed by atoms with van der Waals surface area (Å²) in [5.41, 5.74) is 0.739. The van der Waals surface area contributed by atoms with Crippen molar-refractivity contribution in [2.45, 2.75) is 11.4 Å². The molecule has 0 radical (unpaired) electrons. The van der Waals surface area contributed by atoms with Gasteiger partial charge in [-0.15, -0.1) is 6.42 Å². The normalized spacial score (nSPS) is 12.0. The minimum atomic E-state index is -3.58. The van der Waals surface area contributed by atoms with Gasteiger partial charge in [0.2, 0.25) is 0 Å². The van der Waals surface area contributed by atoms with E-state index in [2.05, 4.69) is 10.9 Å². The number of rotatable bonds is 5. The van der Waals surface area contributed by atoms with Gasteiger partial charge >= 0.3 is 0 Å². The van der Waals surface area contributed by atoms with Gasteiger partial charge in [-0.05, 0) is 12.1 Å². The quantitative estimate of drug-likeness (QED) is 0.581. The molecule has 0 spiro atoms. The topological polar surface area (TPSA) is 87.0 Å². The molecule has 0 atom stereocenters. The molecule has 1 amide bonds. The van der Waals surface area contributed by atoms with E-state index in [1.54, 1.807) is 28.8 Å². The third kappa shape index (κ3) is 4.04. The first-order valence-corrected chi connectivity index (χ1v) is 11.1. The molecule has 3 rings (SSSR count). The van der Waals surface area contributed by atoms with Gasteiger partial charge in [0, 0.05) is 18.4 Å². The van der Waals surface area contributed by atoms with Crippen LogP contribution in [0.15, 0.2) is 46.3 Å². The van der Waals surface area contributed by atoms with E-state index in [1.165, 1.54) is 37.7 Å². The molecular formula is C20H18N2O5S2. The van der Waals surface area contributed by atoms with Crippen molar-refractivity contribution in [3.63, 3.8) is 0 Å². The summed E-state index contributed by atoms with van der Waals surface area (Å²) in [6, 6.07) is 9.51. The molecule has 7 nitrogen and oxygen atoms in total. The van der Waals surface area contributed by atoms with Crippen LogP contribution in [0.25, 0.3) is 10.2 Å². The van der Waals surface area contributed by atoms with Gasteiger partial charge in [-0.3, -0.25) is 4.79 Å². The lowest BCUT2D eigenvalue weighted by Crippen LogP contribution is -2.17. The fraction of sp³-hybridized carbons (Fsp3) is 0.200. The molecule has 0 aliphatic rings. The third-order valence-corrected chi connectivity index (χ3v) is 6.35. The third-order valence-electron chi connectivity index (χ3n) is 4.15. The highest BCUT2D eigenvalue weighted by atomic mass is 32.2. The molecule has 150 valence electrons. The molecule has 0 unspecified atom stereocenters. The number of ether oxygens (including phenoxy) is 2. The minimum absolute atomic E-state index is 0.00914. The summed E-state index contributed by atoms with van der Waals surface area (Å²) in [5, 5.41) is 0. The fourth-order valence-corrected chi connectivity index (χ4v) is 4.76. The van der Waals surface area contributed by atoms with E-state index in [-0.39, 0.29) is 17.0 Å². The number of nitrogens with zero attached hydrogens (tertiary/aromatic N) is 2. The Balaban J connectivity index is 2.24. The van der Waals surface area contributed by atoms with E-state index in [4.69, 9.17) is 15.9 Å². The molecule has 29 heavy (non-hydrogen) atoms. The summed E-state index contributed by atoms with van der Waals surface area (Å²) >= 11 is 1.24. The molecule has 3 aromatic rings. The van der Waals surface area contributed by atoms with Crippen molar-refractivity contribution in [2.24, 2.45) is 4.99 Å². The molecule has 0 N–H and O–H groups in total. The lowest BCUT2D eigenvalue weighted by atomic mass is 10.2. The van der Waals surface area contributed by atoms with Crippen LogP contribution in [0.5, 0.6) is 11.5 Å². The standard InChI is InChI=1S/C20H18N2O5S2/c1-5-10-22-14-11-15(26-2)16(27-3)12-17(14)28-20(22)21-19(23)13-8-6-7-9-18(13)29(4,24)25/h1,6-9,11-12H,10H2,2-4H3. The number of benzene rings is 2. The average molecular weight is 431 g/mol. The maximum Gasteiger partial charge on any atom is 0.280 e. The molecule has 1 aromatic heterocycles. The van der Waals surface area contributed by atoms with Gasteiger partial charge < -0.3 is 14.0 Å². The van der Waals surface area contributed by atoms with E-state index >= 15 is 0 Å². The van der Waals surface area contributed by atoms with Crippen molar-refractivity contribution in [1.82, 2.24) is 4.57 Å². The molecule has 0 saturated carbocycles.